The zero-order chi connectivity index (χ0) is 12.1. The summed E-state index contributed by atoms with van der Waals surface area (Å²) in [4.78, 5) is 0. The van der Waals surface area contributed by atoms with Crippen molar-refractivity contribution < 1.29 is 0 Å². The molecule has 100 valence electrons. The van der Waals surface area contributed by atoms with Crippen molar-refractivity contribution in [3.05, 3.63) is 0 Å². The summed E-state index contributed by atoms with van der Waals surface area (Å²) >= 11 is 0. The summed E-state index contributed by atoms with van der Waals surface area (Å²) in [6.07, 6.45) is 16.7. The molecule has 0 aromatic carbocycles. The van der Waals surface area contributed by atoms with Crippen molar-refractivity contribution in [2.75, 3.05) is 0 Å². The molecule has 0 N–H and O–H groups in total. The summed E-state index contributed by atoms with van der Waals surface area (Å²) in [6, 6.07) is 0. The predicted molar refractivity (Wildman–Crippen MR) is 76.1 cm³/mol. The molecular weight excluding hydrogens is 204 g/mol. The van der Waals surface area contributed by atoms with E-state index in [1.54, 1.807) is 25.7 Å². The van der Waals surface area contributed by atoms with Gasteiger partial charge in [0.25, 0.3) is 0 Å². The third kappa shape index (κ3) is 3.48. The summed E-state index contributed by atoms with van der Waals surface area (Å²) in [5, 5.41) is 0. The summed E-state index contributed by atoms with van der Waals surface area (Å²) < 4.78 is 0. The van der Waals surface area contributed by atoms with Crippen LogP contribution in [0.25, 0.3) is 0 Å². The highest BCUT2D eigenvalue weighted by atomic mass is 14.4. The third-order valence-corrected chi connectivity index (χ3v) is 5.69. The molecule has 2 fully saturated rings. The predicted octanol–water partition coefficient (Wildman–Crippen LogP) is 5.81. The van der Waals surface area contributed by atoms with Crippen LogP contribution in [0.15, 0.2) is 0 Å². The lowest BCUT2D eigenvalue weighted by atomic mass is 9.64. The van der Waals surface area contributed by atoms with Gasteiger partial charge in [0.05, 0.1) is 0 Å². The van der Waals surface area contributed by atoms with Crippen molar-refractivity contribution >= 4 is 0 Å². The molecule has 0 amide bonds. The maximum absolute atomic E-state index is 2.54. The second kappa shape index (κ2) is 6.81. The van der Waals surface area contributed by atoms with E-state index in [-0.39, 0.29) is 0 Å². The molecule has 2 rings (SSSR count). The van der Waals surface area contributed by atoms with Gasteiger partial charge in [0.1, 0.15) is 0 Å². The fraction of sp³-hybridized carbons (Fsp3) is 1.00. The molecule has 0 aromatic rings. The highest BCUT2D eigenvalue weighted by Gasteiger charge is 2.34. The minimum atomic E-state index is 0.973. The van der Waals surface area contributed by atoms with E-state index in [0.717, 1.165) is 23.7 Å². The van der Waals surface area contributed by atoms with Crippen LogP contribution in [-0.2, 0) is 0 Å². The van der Waals surface area contributed by atoms with Crippen LogP contribution in [-0.4, -0.2) is 0 Å². The van der Waals surface area contributed by atoms with Crippen molar-refractivity contribution in [1.82, 2.24) is 0 Å². The van der Waals surface area contributed by atoms with E-state index in [9.17, 15) is 0 Å². The lowest BCUT2D eigenvalue weighted by Crippen LogP contribution is -2.32. The van der Waals surface area contributed by atoms with E-state index in [1.807, 2.05) is 0 Å². The van der Waals surface area contributed by atoms with E-state index in [4.69, 9.17) is 0 Å². The molecular formula is C17H32. The third-order valence-electron chi connectivity index (χ3n) is 5.69. The van der Waals surface area contributed by atoms with Gasteiger partial charge in [0.15, 0.2) is 0 Å². The molecule has 17 heavy (non-hydrogen) atoms. The molecule has 2 aliphatic rings. The van der Waals surface area contributed by atoms with Crippen LogP contribution >= 0.6 is 0 Å². The molecule has 0 radical (unpaired) electrons. The van der Waals surface area contributed by atoms with Crippen LogP contribution < -0.4 is 0 Å². The van der Waals surface area contributed by atoms with Crippen molar-refractivity contribution in [3.8, 4) is 0 Å². The molecule has 2 aliphatic carbocycles. The normalized spacial score (nSPS) is 26.3. The standard InChI is InChI=1S/C17H32/c1-3-14(2)17(15-10-6-4-7-11-15)16-12-8-5-9-13-16/h14-17H,3-13H2,1-2H3. The van der Waals surface area contributed by atoms with Crippen LogP contribution in [0.5, 0.6) is 0 Å². The number of rotatable bonds is 4. The van der Waals surface area contributed by atoms with Gasteiger partial charge >= 0.3 is 0 Å². The lowest BCUT2D eigenvalue weighted by molar-refractivity contribution is 0.0923. The second-order valence-electron chi connectivity index (χ2n) is 6.76. The maximum atomic E-state index is 2.54. The van der Waals surface area contributed by atoms with Crippen molar-refractivity contribution in [3.63, 3.8) is 0 Å². The quantitative estimate of drug-likeness (QED) is 0.578. The summed E-state index contributed by atoms with van der Waals surface area (Å²) in [5.74, 6) is 4.21. The molecule has 0 heteroatoms. The molecule has 0 aromatic heterocycles. The van der Waals surface area contributed by atoms with Gasteiger partial charge in [-0.05, 0) is 23.7 Å². The Morgan fingerprint density at radius 3 is 1.53 bits per heavy atom. The van der Waals surface area contributed by atoms with Crippen molar-refractivity contribution in [2.45, 2.75) is 84.5 Å². The summed E-state index contributed by atoms with van der Waals surface area (Å²) in [6.45, 7) is 4.94. The maximum Gasteiger partial charge on any atom is -0.0332 e. The molecule has 0 aliphatic heterocycles. The van der Waals surface area contributed by atoms with Gasteiger partial charge in [-0.25, -0.2) is 0 Å². The first kappa shape index (κ1) is 13.4. The van der Waals surface area contributed by atoms with E-state index in [0.29, 0.717) is 0 Å². The van der Waals surface area contributed by atoms with E-state index in [2.05, 4.69) is 13.8 Å². The van der Waals surface area contributed by atoms with Gasteiger partial charge in [-0.3, -0.25) is 0 Å². The van der Waals surface area contributed by atoms with Crippen LogP contribution in [0, 0.1) is 23.7 Å². The number of hydrogen-bond donors (Lipinski definition) is 0. The van der Waals surface area contributed by atoms with Crippen LogP contribution in [0.1, 0.15) is 84.5 Å². The molecule has 1 unspecified atom stereocenters. The Morgan fingerprint density at radius 2 is 1.18 bits per heavy atom. The number of hydrogen-bond acceptors (Lipinski definition) is 0. The highest BCUT2D eigenvalue weighted by molar-refractivity contribution is 4.84. The highest BCUT2D eigenvalue weighted by Crippen LogP contribution is 2.44. The topological polar surface area (TPSA) is 0 Å². The van der Waals surface area contributed by atoms with E-state index < -0.39 is 0 Å². The zero-order valence-corrected chi connectivity index (χ0v) is 12.1. The first-order valence-electron chi connectivity index (χ1n) is 8.33. The molecule has 0 spiro atoms. The Labute approximate surface area is 109 Å². The first-order valence-corrected chi connectivity index (χ1v) is 8.33. The molecule has 2 saturated carbocycles. The molecule has 1 atom stereocenters. The van der Waals surface area contributed by atoms with Gasteiger partial charge in [0.2, 0.25) is 0 Å². The Kier molecular flexibility index (Phi) is 5.38. The van der Waals surface area contributed by atoms with Crippen LogP contribution in [0.2, 0.25) is 0 Å². The fourth-order valence-corrected chi connectivity index (χ4v) is 4.62. The second-order valence-corrected chi connectivity index (χ2v) is 6.76. The smallest absolute Gasteiger partial charge is 0.0332 e. The van der Waals surface area contributed by atoms with Gasteiger partial charge in [-0.2, -0.15) is 0 Å². The largest absolute Gasteiger partial charge is 0.0651 e. The summed E-state index contributed by atoms with van der Waals surface area (Å²) in [5.41, 5.74) is 0. The van der Waals surface area contributed by atoms with Crippen LogP contribution in [0.3, 0.4) is 0 Å². The Bertz CT molecular complexity index is 178. The fourth-order valence-electron chi connectivity index (χ4n) is 4.62. The zero-order valence-electron chi connectivity index (χ0n) is 12.1. The molecule has 0 nitrogen and oxygen atoms in total. The SMILES string of the molecule is CCC(C)C(C1CCCCC1)C1CCCCC1. The molecule has 0 heterocycles. The van der Waals surface area contributed by atoms with Crippen LogP contribution in [0.4, 0.5) is 0 Å². The first-order chi connectivity index (χ1) is 8.33. The van der Waals surface area contributed by atoms with E-state index in [1.165, 1.54) is 44.9 Å². The Balaban J connectivity index is 2.00. The van der Waals surface area contributed by atoms with Crippen molar-refractivity contribution in [1.29, 1.82) is 0 Å². The molecule has 0 bridgehead atoms. The monoisotopic (exact) mass is 236 g/mol. The Morgan fingerprint density at radius 1 is 0.765 bits per heavy atom. The summed E-state index contributed by atoms with van der Waals surface area (Å²) in [7, 11) is 0. The van der Waals surface area contributed by atoms with Crippen molar-refractivity contribution in [2.24, 2.45) is 23.7 Å². The van der Waals surface area contributed by atoms with Gasteiger partial charge in [-0.1, -0.05) is 84.5 Å². The van der Waals surface area contributed by atoms with Gasteiger partial charge < -0.3 is 0 Å². The molecule has 0 saturated heterocycles. The minimum absolute atomic E-state index is 0.973. The van der Waals surface area contributed by atoms with Gasteiger partial charge in [0, 0.05) is 0 Å². The minimum Gasteiger partial charge on any atom is -0.0651 e. The van der Waals surface area contributed by atoms with Gasteiger partial charge in [-0.15, -0.1) is 0 Å². The average Bonchev–Trinajstić information content (AvgIpc) is 2.41. The average molecular weight is 236 g/mol. The Hall–Kier alpha value is 0. The lowest BCUT2D eigenvalue weighted by Gasteiger charge is -2.41. The van der Waals surface area contributed by atoms with E-state index >= 15 is 0 Å².